The summed E-state index contributed by atoms with van der Waals surface area (Å²) in [4.78, 5) is 0. The Balaban J connectivity index is 3.71. The fraction of sp³-hybridized carbons (Fsp3) is 1.00. The Morgan fingerprint density at radius 3 is 1.75 bits per heavy atom. The van der Waals surface area contributed by atoms with Crippen molar-refractivity contribution in [2.24, 2.45) is 0 Å². The molecule has 4 nitrogen and oxygen atoms in total. The number of hydroxylamine groups is 1. The zero-order valence-corrected chi connectivity index (χ0v) is 4.92. The molecule has 0 aromatic carbocycles. The summed E-state index contributed by atoms with van der Waals surface area (Å²) in [5.41, 5.74) is 0.699. The Bertz CT molecular complexity index is 71.7. The molecule has 0 fully saturated rings. The van der Waals surface area contributed by atoms with E-state index in [1.807, 2.05) is 0 Å². The van der Waals surface area contributed by atoms with Crippen molar-refractivity contribution in [1.82, 2.24) is 5.48 Å². The van der Waals surface area contributed by atoms with Gasteiger partial charge in [-0.1, -0.05) is 0 Å². The summed E-state index contributed by atoms with van der Waals surface area (Å²) in [6.07, 6.45) is -1.55. The Morgan fingerprint density at radius 2 is 1.75 bits per heavy atom. The molecule has 0 bridgehead atoms. The van der Waals surface area contributed by atoms with Gasteiger partial charge in [0.2, 0.25) is 0 Å². The first-order valence-electron chi connectivity index (χ1n) is 2.28. The van der Waals surface area contributed by atoms with Gasteiger partial charge in [0.15, 0.2) is 6.29 Å². The summed E-state index contributed by atoms with van der Waals surface area (Å²) in [6, 6.07) is 0. The van der Waals surface area contributed by atoms with Crippen molar-refractivity contribution < 1.29 is 15.4 Å². The van der Waals surface area contributed by atoms with Crippen LogP contribution in [0.1, 0.15) is 13.8 Å². The summed E-state index contributed by atoms with van der Waals surface area (Å²) in [7, 11) is 0. The minimum Gasteiger partial charge on any atom is -0.366 e. The monoisotopic (exact) mass is 121 g/mol. The van der Waals surface area contributed by atoms with E-state index in [-0.39, 0.29) is 0 Å². The predicted molar refractivity (Wildman–Crippen MR) is 27.2 cm³/mol. The Hall–Kier alpha value is -0.160. The molecule has 0 atom stereocenters. The maximum Gasteiger partial charge on any atom is 0.171 e. The van der Waals surface area contributed by atoms with Crippen molar-refractivity contribution >= 4 is 0 Å². The lowest BCUT2D eigenvalue weighted by Crippen LogP contribution is -2.47. The fourth-order valence-corrected chi connectivity index (χ4v) is 0.0577. The summed E-state index contributed by atoms with van der Waals surface area (Å²) in [5.74, 6) is 0. The maximum absolute atomic E-state index is 8.41. The van der Waals surface area contributed by atoms with Gasteiger partial charge in [-0.3, -0.25) is 0 Å². The van der Waals surface area contributed by atoms with Crippen LogP contribution in [0.4, 0.5) is 0 Å². The van der Waals surface area contributed by atoms with Crippen molar-refractivity contribution in [3.8, 4) is 0 Å². The lowest BCUT2D eigenvalue weighted by molar-refractivity contribution is -0.129. The van der Waals surface area contributed by atoms with Gasteiger partial charge in [0.05, 0.1) is 5.54 Å². The Morgan fingerprint density at radius 1 is 1.38 bits per heavy atom. The van der Waals surface area contributed by atoms with Gasteiger partial charge in [-0.25, -0.2) is 0 Å². The topological polar surface area (TPSA) is 72.7 Å². The van der Waals surface area contributed by atoms with Gasteiger partial charge < -0.3 is 15.4 Å². The van der Waals surface area contributed by atoms with E-state index < -0.39 is 11.8 Å². The normalized spacial score (nSPS) is 12.8. The highest BCUT2D eigenvalue weighted by Crippen LogP contribution is 2.03. The third kappa shape index (κ3) is 1.75. The first-order chi connectivity index (χ1) is 3.50. The van der Waals surface area contributed by atoms with Crippen molar-refractivity contribution in [3.63, 3.8) is 0 Å². The quantitative estimate of drug-likeness (QED) is 0.281. The standard InChI is InChI=1S/C4H11NO3/c1-4(2,5-8)3(6)7/h3,5-8H,1-2H3. The highest BCUT2D eigenvalue weighted by molar-refractivity contribution is 4.74. The molecular formula is C4H11NO3. The molecule has 0 aliphatic rings. The predicted octanol–water partition coefficient (Wildman–Crippen LogP) is -0.946. The largest absolute Gasteiger partial charge is 0.366 e. The van der Waals surface area contributed by atoms with E-state index in [4.69, 9.17) is 15.4 Å². The molecule has 0 saturated heterocycles. The number of rotatable bonds is 2. The van der Waals surface area contributed by atoms with Gasteiger partial charge in [-0.05, 0) is 13.8 Å². The lowest BCUT2D eigenvalue weighted by Gasteiger charge is -2.23. The fourth-order valence-electron chi connectivity index (χ4n) is 0.0577. The van der Waals surface area contributed by atoms with E-state index >= 15 is 0 Å². The molecule has 0 spiro atoms. The lowest BCUT2D eigenvalue weighted by atomic mass is 10.1. The van der Waals surface area contributed by atoms with Gasteiger partial charge >= 0.3 is 0 Å². The molecule has 0 unspecified atom stereocenters. The molecule has 0 aliphatic carbocycles. The third-order valence-electron chi connectivity index (χ3n) is 0.934. The van der Waals surface area contributed by atoms with Crippen LogP contribution in [0.3, 0.4) is 0 Å². The number of hydrogen-bond donors (Lipinski definition) is 4. The number of aliphatic hydroxyl groups is 2. The Labute approximate surface area is 47.7 Å². The minimum absolute atomic E-state index is 1.04. The van der Waals surface area contributed by atoms with E-state index in [1.54, 1.807) is 5.48 Å². The van der Waals surface area contributed by atoms with Gasteiger partial charge in [-0.2, -0.15) is 5.48 Å². The van der Waals surface area contributed by atoms with E-state index in [9.17, 15) is 0 Å². The molecule has 50 valence electrons. The average Bonchev–Trinajstić information content (AvgIpc) is 1.67. The molecule has 8 heavy (non-hydrogen) atoms. The summed E-state index contributed by atoms with van der Waals surface area (Å²) >= 11 is 0. The van der Waals surface area contributed by atoms with Crippen LogP contribution in [0.2, 0.25) is 0 Å². The minimum atomic E-state index is -1.55. The number of hydrogen-bond acceptors (Lipinski definition) is 4. The number of nitrogens with one attached hydrogen (secondary N) is 1. The molecule has 0 aliphatic heterocycles. The van der Waals surface area contributed by atoms with E-state index in [1.165, 1.54) is 13.8 Å². The second-order valence-corrected chi connectivity index (χ2v) is 2.21. The zero-order chi connectivity index (χ0) is 6.78. The van der Waals surface area contributed by atoms with Gasteiger partial charge in [0.1, 0.15) is 0 Å². The van der Waals surface area contributed by atoms with Gasteiger partial charge in [0, 0.05) is 0 Å². The van der Waals surface area contributed by atoms with Crippen LogP contribution in [0.25, 0.3) is 0 Å². The second-order valence-electron chi connectivity index (χ2n) is 2.21. The second kappa shape index (κ2) is 2.41. The highest BCUT2D eigenvalue weighted by atomic mass is 16.5. The van der Waals surface area contributed by atoms with Crippen LogP contribution in [-0.2, 0) is 0 Å². The smallest absolute Gasteiger partial charge is 0.171 e. The zero-order valence-electron chi connectivity index (χ0n) is 4.92. The van der Waals surface area contributed by atoms with Crippen LogP contribution in [0, 0.1) is 0 Å². The van der Waals surface area contributed by atoms with E-state index in [2.05, 4.69) is 0 Å². The molecule has 0 saturated carbocycles. The molecule has 4 heteroatoms. The van der Waals surface area contributed by atoms with Crippen LogP contribution in [-0.4, -0.2) is 27.2 Å². The van der Waals surface area contributed by atoms with Crippen LogP contribution in [0.5, 0.6) is 0 Å². The van der Waals surface area contributed by atoms with Crippen molar-refractivity contribution in [2.75, 3.05) is 0 Å². The SMILES string of the molecule is CC(C)(NO)C(O)O. The summed E-state index contributed by atoms with van der Waals surface area (Å²) in [5, 5.41) is 25.0. The molecule has 0 aromatic rings. The van der Waals surface area contributed by atoms with Gasteiger partial charge in [-0.15, -0.1) is 0 Å². The molecule has 0 aromatic heterocycles. The molecule has 0 radical (unpaired) electrons. The van der Waals surface area contributed by atoms with Crippen LogP contribution in [0.15, 0.2) is 0 Å². The van der Waals surface area contributed by atoms with Crippen molar-refractivity contribution in [2.45, 2.75) is 25.7 Å². The number of aliphatic hydroxyl groups excluding tert-OH is 1. The van der Waals surface area contributed by atoms with E-state index in [0.29, 0.717) is 0 Å². The molecule has 4 N–H and O–H groups in total. The molecule has 0 heterocycles. The van der Waals surface area contributed by atoms with Crippen LogP contribution >= 0.6 is 0 Å². The third-order valence-corrected chi connectivity index (χ3v) is 0.934. The average molecular weight is 121 g/mol. The highest BCUT2D eigenvalue weighted by Gasteiger charge is 2.24. The summed E-state index contributed by atoms with van der Waals surface area (Å²) in [6.45, 7) is 2.91. The summed E-state index contributed by atoms with van der Waals surface area (Å²) < 4.78 is 0. The van der Waals surface area contributed by atoms with Crippen molar-refractivity contribution in [3.05, 3.63) is 0 Å². The maximum atomic E-state index is 8.41. The molecule has 0 amide bonds. The van der Waals surface area contributed by atoms with Crippen LogP contribution < -0.4 is 5.48 Å². The molecular weight excluding hydrogens is 110 g/mol. The first kappa shape index (κ1) is 7.84. The Kier molecular flexibility index (Phi) is 2.36. The molecule has 0 rings (SSSR count). The van der Waals surface area contributed by atoms with Crippen molar-refractivity contribution in [1.29, 1.82) is 0 Å². The van der Waals surface area contributed by atoms with E-state index in [0.717, 1.165) is 0 Å². The van der Waals surface area contributed by atoms with Gasteiger partial charge in [0.25, 0.3) is 0 Å². The first-order valence-corrected chi connectivity index (χ1v) is 2.28.